The molecule has 0 saturated heterocycles. The SMILES string of the molecule is CC(Br)CC/C=N/N(c1ccccc1)c1ccccc1. The van der Waals surface area contributed by atoms with Crippen LogP contribution in [0.5, 0.6) is 0 Å². The fourth-order valence-corrected chi connectivity index (χ4v) is 2.13. The molecule has 2 aromatic rings. The van der Waals surface area contributed by atoms with Gasteiger partial charge in [0.05, 0.1) is 11.4 Å². The predicted octanol–water partition coefficient (Wildman–Crippen LogP) is 5.37. The van der Waals surface area contributed by atoms with Gasteiger partial charge in [0.1, 0.15) is 0 Å². The molecule has 1 unspecified atom stereocenters. The topological polar surface area (TPSA) is 15.6 Å². The van der Waals surface area contributed by atoms with Gasteiger partial charge in [-0.3, -0.25) is 0 Å². The minimum Gasteiger partial charge on any atom is -0.234 e. The summed E-state index contributed by atoms with van der Waals surface area (Å²) in [5, 5.41) is 6.59. The van der Waals surface area contributed by atoms with E-state index in [0.29, 0.717) is 4.83 Å². The minimum atomic E-state index is 0.524. The van der Waals surface area contributed by atoms with Gasteiger partial charge in [0.2, 0.25) is 0 Å². The Morgan fingerprint density at radius 3 is 1.95 bits per heavy atom. The number of hydrazone groups is 1. The van der Waals surface area contributed by atoms with Crippen molar-refractivity contribution in [2.24, 2.45) is 5.10 Å². The second-order valence-corrected chi connectivity index (χ2v) is 6.20. The van der Waals surface area contributed by atoms with Crippen molar-refractivity contribution in [1.82, 2.24) is 0 Å². The second-order valence-electron chi connectivity index (χ2n) is 4.64. The van der Waals surface area contributed by atoms with Gasteiger partial charge in [-0.1, -0.05) is 59.3 Å². The average molecular weight is 331 g/mol. The van der Waals surface area contributed by atoms with E-state index in [-0.39, 0.29) is 0 Å². The smallest absolute Gasteiger partial charge is 0.0652 e. The summed E-state index contributed by atoms with van der Waals surface area (Å²) < 4.78 is 0. The monoisotopic (exact) mass is 330 g/mol. The molecule has 0 amide bonds. The number of hydrogen-bond donors (Lipinski definition) is 0. The molecule has 2 nitrogen and oxygen atoms in total. The van der Waals surface area contributed by atoms with E-state index in [1.165, 1.54) is 0 Å². The number of hydrogen-bond acceptors (Lipinski definition) is 2. The third-order valence-corrected chi connectivity index (χ3v) is 3.35. The van der Waals surface area contributed by atoms with Crippen LogP contribution in [0.3, 0.4) is 0 Å². The number of benzene rings is 2. The zero-order valence-corrected chi connectivity index (χ0v) is 13.2. The molecule has 0 saturated carbocycles. The van der Waals surface area contributed by atoms with Gasteiger partial charge in [-0.15, -0.1) is 0 Å². The number of nitrogens with zero attached hydrogens (tertiary/aromatic N) is 2. The fraction of sp³-hybridized carbons (Fsp3) is 0.235. The Bertz CT molecular complexity index is 484. The number of halogens is 1. The molecule has 0 heterocycles. The first-order valence-corrected chi connectivity index (χ1v) is 7.75. The van der Waals surface area contributed by atoms with Crippen LogP contribution < -0.4 is 5.01 Å². The van der Waals surface area contributed by atoms with E-state index in [1.54, 1.807) is 0 Å². The normalized spacial score (nSPS) is 12.5. The number of anilines is 2. The third kappa shape index (κ3) is 4.49. The lowest BCUT2D eigenvalue weighted by Gasteiger charge is -2.19. The van der Waals surface area contributed by atoms with Crippen molar-refractivity contribution in [2.75, 3.05) is 5.01 Å². The van der Waals surface area contributed by atoms with Crippen molar-refractivity contribution in [3.63, 3.8) is 0 Å². The summed E-state index contributed by atoms with van der Waals surface area (Å²) in [5.41, 5.74) is 2.14. The highest BCUT2D eigenvalue weighted by atomic mass is 79.9. The van der Waals surface area contributed by atoms with Gasteiger partial charge >= 0.3 is 0 Å². The van der Waals surface area contributed by atoms with Gasteiger partial charge in [-0.2, -0.15) is 5.10 Å². The molecule has 2 aromatic carbocycles. The summed E-state index contributed by atoms with van der Waals surface area (Å²) in [7, 11) is 0. The summed E-state index contributed by atoms with van der Waals surface area (Å²) in [6.45, 7) is 2.15. The van der Waals surface area contributed by atoms with E-state index < -0.39 is 0 Å². The van der Waals surface area contributed by atoms with Crippen LogP contribution in [0.4, 0.5) is 11.4 Å². The van der Waals surface area contributed by atoms with E-state index >= 15 is 0 Å². The molecule has 0 N–H and O–H groups in total. The zero-order valence-electron chi connectivity index (χ0n) is 11.6. The fourth-order valence-electron chi connectivity index (χ4n) is 1.86. The van der Waals surface area contributed by atoms with E-state index in [0.717, 1.165) is 24.2 Å². The molecule has 20 heavy (non-hydrogen) atoms. The number of alkyl halides is 1. The minimum absolute atomic E-state index is 0.524. The van der Waals surface area contributed by atoms with E-state index in [9.17, 15) is 0 Å². The van der Waals surface area contributed by atoms with Crippen LogP contribution >= 0.6 is 15.9 Å². The number of rotatable bonds is 6. The lowest BCUT2D eigenvalue weighted by molar-refractivity contribution is 0.870. The highest BCUT2D eigenvalue weighted by Crippen LogP contribution is 2.24. The summed E-state index contributed by atoms with van der Waals surface area (Å²) in [4.78, 5) is 0.524. The van der Waals surface area contributed by atoms with Crippen molar-refractivity contribution < 1.29 is 0 Å². The first-order valence-electron chi connectivity index (χ1n) is 6.84. The summed E-state index contributed by atoms with van der Waals surface area (Å²) in [5.74, 6) is 0. The Kier molecular flexibility index (Phi) is 5.81. The van der Waals surface area contributed by atoms with Crippen LogP contribution in [0, 0.1) is 0 Å². The van der Waals surface area contributed by atoms with E-state index in [1.807, 2.05) is 47.6 Å². The molecular formula is C17H19BrN2. The molecular weight excluding hydrogens is 312 g/mol. The number of para-hydroxylation sites is 2. The quantitative estimate of drug-likeness (QED) is 0.394. The first kappa shape index (κ1) is 14.8. The summed E-state index contributed by atoms with van der Waals surface area (Å²) in [6.07, 6.45) is 4.03. The lowest BCUT2D eigenvalue weighted by atomic mass is 10.2. The highest BCUT2D eigenvalue weighted by Gasteiger charge is 2.06. The van der Waals surface area contributed by atoms with Gasteiger partial charge in [0.25, 0.3) is 0 Å². The average Bonchev–Trinajstić information content (AvgIpc) is 2.49. The molecule has 0 fully saturated rings. The lowest BCUT2D eigenvalue weighted by Crippen LogP contribution is -2.09. The molecule has 2 rings (SSSR count). The maximum Gasteiger partial charge on any atom is 0.0652 e. The third-order valence-electron chi connectivity index (χ3n) is 2.89. The Hall–Kier alpha value is -1.61. The van der Waals surface area contributed by atoms with Crippen LogP contribution in [-0.2, 0) is 0 Å². The van der Waals surface area contributed by atoms with Crippen LogP contribution in [0.1, 0.15) is 19.8 Å². The molecule has 0 spiro atoms. The molecule has 0 radical (unpaired) electrons. The van der Waals surface area contributed by atoms with E-state index in [4.69, 9.17) is 0 Å². The standard InChI is InChI=1S/C17H19BrN2/c1-15(18)9-8-14-19-20(16-10-4-2-5-11-16)17-12-6-3-7-13-17/h2-7,10-15H,8-9H2,1H3/b19-14+. The van der Waals surface area contributed by atoms with Crippen molar-refractivity contribution in [2.45, 2.75) is 24.6 Å². The van der Waals surface area contributed by atoms with Crippen LogP contribution in [-0.4, -0.2) is 11.0 Å². The van der Waals surface area contributed by atoms with Gasteiger partial charge in [-0.25, -0.2) is 5.01 Å². The predicted molar refractivity (Wildman–Crippen MR) is 91.1 cm³/mol. The first-order chi connectivity index (χ1) is 9.77. The maximum absolute atomic E-state index is 4.62. The van der Waals surface area contributed by atoms with Crippen molar-refractivity contribution in [3.8, 4) is 0 Å². The van der Waals surface area contributed by atoms with Crippen LogP contribution in [0.25, 0.3) is 0 Å². The molecule has 0 bridgehead atoms. The maximum atomic E-state index is 4.62. The Balaban J connectivity index is 2.17. The van der Waals surface area contributed by atoms with Crippen molar-refractivity contribution in [1.29, 1.82) is 0 Å². The highest BCUT2D eigenvalue weighted by molar-refractivity contribution is 9.09. The largest absolute Gasteiger partial charge is 0.234 e. The van der Waals surface area contributed by atoms with E-state index in [2.05, 4.69) is 52.2 Å². The second kappa shape index (κ2) is 7.85. The Morgan fingerprint density at radius 1 is 1.00 bits per heavy atom. The van der Waals surface area contributed by atoms with Gasteiger partial charge in [0.15, 0.2) is 0 Å². The molecule has 0 aliphatic rings. The molecule has 0 aromatic heterocycles. The summed E-state index contributed by atoms with van der Waals surface area (Å²) >= 11 is 3.56. The van der Waals surface area contributed by atoms with Gasteiger partial charge in [-0.05, 0) is 37.1 Å². The van der Waals surface area contributed by atoms with Gasteiger partial charge < -0.3 is 0 Å². The molecule has 0 aliphatic carbocycles. The molecule has 1 atom stereocenters. The Labute approximate surface area is 129 Å². The molecule has 104 valence electrons. The van der Waals surface area contributed by atoms with Crippen LogP contribution in [0.15, 0.2) is 65.8 Å². The van der Waals surface area contributed by atoms with Crippen LogP contribution in [0.2, 0.25) is 0 Å². The van der Waals surface area contributed by atoms with Crippen molar-refractivity contribution in [3.05, 3.63) is 60.7 Å². The molecule has 0 aliphatic heterocycles. The summed E-state index contributed by atoms with van der Waals surface area (Å²) in [6, 6.07) is 20.4. The molecule has 3 heteroatoms. The zero-order chi connectivity index (χ0) is 14.2. The van der Waals surface area contributed by atoms with Crippen molar-refractivity contribution >= 4 is 33.5 Å². The van der Waals surface area contributed by atoms with Gasteiger partial charge in [0, 0.05) is 11.0 Å². The Morgan fingerprint density at radius 2 is 1.50 bits per heavy atom.